The van der Waals surface area contributed by atoms with Gasteiger partial charge in [0, 0.05) is 17.2 Å². The molecule has 0 fully saturated rings. The van der Waals surface area contributed by atoms with E-state index in [0.29, 0.717) is 11.5 Å². The molecule has 20 heavy (non-hydrogen) atoms. The summed E-state index contributed by atoms with van der Waals surface area (Å²) in [6.07, 6.45) is 0. The predicted octanol–water partition coefficient (Wildman–Crippen LogP) is 2.60. The van der Waals surface area contributed by atoms with Gasteiger partial charge in [0.25, 0.3) is 0 Å². The van der Waals surface area contributed by atoms with E-state index < -0.39 is 0 Å². The molecule has 3 nitrogen and oxygen atoms in total. The van der Waals surface area contributed by atoms with E-state index in [4.69, 9.17) is 9.47 Å². The van der Waals surface area contributed by atoms with Gasteiger partial charge in [-0.1, -0.05) is 30.0 Å². The molecule has 2 aromatic carbocycles. The summed E-state index contributed by atoms with van der Waals surface area (Å²) in [5, 5.41) is 9.27. The van der Waals surface area contributed by atoms with Gasteiger partial charge >= 0.3 is 0 Å². The zero-order valence-electron chi connectivity index (χ0n) is 11.5. The van der Waals surface area contributed by atoms with Crippen molar-refractivity contribution < 1.29 is 14.6 Å². The van der Waals surface area contributed by atoms with Gasteiger partial charge in [-0.25, -0.2) is 0 Å². The molecule has 0 heterocycles. The molecule has 2 rings (SSSR count). The smallest absolute Gasteiger partial charge is 0.123 e. The summed E-state index contributed by atoms with van der Waals surface area (Å²) in [6.45, 7) is -0.0215. The lowest BCUT2D eigenvalue weighted by Crippen LogP contribution is -1.90. The molecule has 0 bridgehead atoms. The predicted molar refractivity (Wildman–Crippen MR) is 77.9 cm³/mol. The molecular formula is C17H16O3. The number of hydrogen-bond donors (Lipinski definition) is 1. The van der Waals surface area contributed by atoms with Gasteiger partial charge in [0.05, 0.1) is 20.8 Å². The van der Waals surface area contributed by atoms with E-state index in [-0.39, 0.29) is 6.61 Å². The van der Waals surface area contributed by atoms with E-state index in [2.05, 4.69) is 11.8 Å². The first-order valence-electron chi connectivity index (χ1n) is 6.20. The number of aliphatic hydroxyl groups is 1. The van der Waals surface area contributed by atoms with Crippen molar-refractivity contribution in [3.8, 4) is 23.3 Å². The van der Waals surface area contributed by atoms with Crippen LogP contribution in [0.5, 0.6) is 11.5 Å². The largest absolute Gasteiger partial charge is 0.497 e. The maximum Gasteiger partial charge on any atom is 0.123 e. The topological polar surface area (TPSA) is 38.7 Å². The molecule has 3 heteroatoms. The summed E-state index contributed by atoms with van der Waals surface area (Å²) in [5.41, 5.74) is 2.43. The molecular weight excluding hydrogens is 252 g/mol. The van der Waals surface area contributed by atoms with Gasteiger partial charge in [-0.3, -0.25) is 0 Å². The molecule has 0 aliphatic heterocycles. The van der Waals surface area contributed by atoms with Crippen LogP contribution in [0, 0.1) is 11.8 Å². The molecule has 102 valence electrons. The van der Waals surface area contributed by atoms with Crippen molar-refractivity contribution in [1.29, 1.82) is 0 Å². The number of hydrogen-bond acceptors (Lipinski definition) is 3. The Bertz CT molecular complexity index is 629. The van der Waals surface area contributed by atoms with E-state index >= 15 is 0 Å². The van der Waals surface area contributed by atoms with Crippen molar-refractivity contribution in [2.24, 2.45) is 0 Å². The van der Waals surface area contributed by atoms with Crippen LogP contribution in [-0.4, -0.2) is 19.3 Å². The van der Waals surface area contributed by atoms with Crippen molar-refractivity contribution in [3.63, 3.8) is 0 Å². The molecule has 0 unspecified atom stereocenters. The Hall–Kier alpha value is -2.44. The number of benzene rings is 2. The maximum absolute atomic E-state index is 9.27. The van der Waals surface area contributed by atoms with Crippen LogP contribution in [0.2, 0.25) is 0 Å². The number of ether oxygens (including phenoxy) is 2. The van der Waals surface area contributed by atoms with Crippen LogP contribution in [0.4, 0.5) is 0 Å². The van der Waals surface area contributed by atoms with Gasteiger partial charge in [-0.15, -0.1) is 0 Å². The van der Waals surface area contributed by atoms with E-state index in [1.807, 2.05) is 36.4 Å². The second-order valence-electron chi connectivity index (χ2n) is 4.17. The van der Waals surface area contributed by atoms with Crippen LogP contribution in [-0.2, 0) is 6.61 Å². The second-order valence-corrected chi connectivity index (χ2v) is 4.17. The van der Waals surface area contributed by atoms with E-state index in [1.54, 1.807) is 20.3 Å². The van der Waals surface area contributed by atoms with Crippen LogP contribution in [0.25, 0.3) is 0 Å². The quantitative estimate of drug-likeness (QED) is 0.870. The minimum absolute atomic E-state index is 0.0215. The fourth-order valence-electron chi connectivity index (χ4n) is 1.80. The molecule has 0 aromatic heterocycles. The molecule has 0 spiro atoms. The fraction of sp³-hybridized carbons (Fsp3) is 0.176. The van der Waals surface area contributed by atoms with E-state index in [1.165, 1.54) is 0 Å². The highest BCUT2D eigenvalue weighted by Gasteiger charge is 2.00. The summed E-state index contributed by atoms with van der Waals surface area (Å²) in [7, 11) is 3.21. The standard InChI is InChI=1S/C17H16O3/c1-19-16-9-13(10-17(11-16)20-2)7-8-14-5-3-4-6-15(14)12-18/h3-6,9-11,18H,12H2,1-2H3. The zero-order valence-corrected chi connectivity index (χ0v) is 11.5. The SMILES string of the molecule is COc1cc(C#Cc2ccccc2CO)cc(OC)c1. The van der Waals surface area contributed by atoms with Crippen molar-refractivity contribution >= 4 is 0 Å². The third kappa shape index (κ3) is 3.31. The van der Waals surface area contributed by atoms with Crippen molar-refractivity contribution in [2.45, 2.75) is 6.61 Å². The minimum Gasteiger partial charge on any atom is -0.497 e. The number of rotatable bonds is 3. The molecule has 0 aliphatic carbocycles. The average Bonchev–Trinajstić information content (AvgIpc) is 2.52. The van der Waals surface area contributed by atoms with Crippen molar-refractivity contribution in [2.75, 3.05) is 14.2 Å². The third-order valence-corrected chi connectivity index (χ3v) is 2.88. The maximum atomic E-state index is 9.27. The lowest BCUT2D eigenvalue weighted by atomic mass is 10.1. The Balaban J connectivity index is 2.37. The Morgan fingerprint density at radius 2 is 1.60 bits per heavy atom. The Morgan fingerprint density at radius 3 is 2.20 bits per heavy atom. The van der Waals surface area contributed by atoms with Crippen molar-refractivity contribution in [1.82, 2.24) is 0 Å². The molecule has 0 aliphatic rings. The van der Waals surface area contributed by atoms with Crippen LogP contribution in [0.3, 0.4) is 0 Å². The molecule has 0 radical (unpaired) electrons. The second kappa shape index (κ2) is 6.65. The lowest BCUT2D eigenvalue weighted by Gasteiger charge is -2.04. The first-order valence-corrected chi connectivity index (χ1v) is 6.20. The summed E-state index contributed by atoms with van der Waals surface area (Å²) < 4.78 is 10.4. The summed E-state index contributed by atoms with van der Waals surface area (Å²) in [6, 6.07) is 13.0. The highest BCUT2D eigenvalue weighted by Crippen LogP contribution is 2.22. The highest BCUT2D eigenvalue weighted by atomic mass is 16.5. The molecule has 0 saturated heterocycles. The Kier molecular flexibility index (Phi) is 4.65. The van der Waals surface area contributed by atoms with Crippen LogP contribution < -0.4 is 9.47 Å². The third-order valence-electron chi connectivity index (χ3n) is 2.88. The van der Waals surface area contributed by atoms with Crippen LogP contribution in [0.15, 0.2) is 42.5 Å². The summed E-state index contributed by atoms with van der Waals surface area (Å²) in [4.78, 5) is 0. The first kappa shape index (κ1) is 14.0. The average molecular weight is 268 g/mol. The monoisotopic (exact) mass is 268 g/mol. The minimum atomic E-state index is -0.0215. The Labute approximate surface area is 118 Å². The summed E-state index contributed by atoms with van der Waals surface area (Å²) >= 11 is 0. The molecule has 0 saturated carbocycles. The Morgan fingerprint density at radius 1 is 0.950 bits per heavy atom. The molecule has 1 N–H and O–H groups in total. The fourth-order valence-corrected chi connectivity index (χ4v) is 1.80. The van der Waals surface area contributed by atoms with Gasteiger partial charge in [-0.2, -0.15) is 0 Å². The van der Waals surface area contributed by atoms with Crippen molar-refractivity contribution in [3.05, 3.63) is 59.2 Å². The van der Waals surface area contributed by atoms with Gasteiger partial charge < -0.3 is 14.6 Å². The summed E-state index contributed by atoms with van der Waals surface area (Å²) in [5.74, 6) is 7.52. The normalized spacial score (nSPS) is 9.55. The molecule has 0 amide bonds. The first-order chi connectivity index (χ1) is 9.76. The zero-order chi connectivity index (χ0) is 14.4. The molecule has 2 aromatic rings. The van der Waals surface area contributed by atoms with Crippen LogP contribution in [0.1, 0.15) is 16.7 Å². The van der Waals surface area contributed by atoms with Gasteiger partial charge in [0.1, 0.15) is 11.5 Å². The molecule has 0 atom stereocenters. The van der Waals surface area contributed by atoms with E-state index in [9.17, 15) is 5.11 Å². The number of aliphatic hydroxyl groups excluding tert-OH is 1. The van der Waals surface area contributed by atoms with Gasteiger partial charge in [-0.05, 0) is 23.8 Å². The van der Waals surface area contributed by atoms with Gasteiger partial charge in [0.15, 0.2) is 0 Å². The number of methoxy groups -OCH3 is 2. The lowest BCUT2D eigenvalue weighted by molar-refractivity contribution is 0.281. The van der Waals surface area contributed by atoms with E-state index in [0.717, 1.165) is 16.7 Å². The van der Waals surface area contributed by atoms with Crippen LogP contribution >= 0.6 is 0 Å². The highest BCUT2D eigenvalue weighted by molar-refractivity contribution is 5.50. The van der Waals surface area contributed by atoms with Gasteiger partial charge in [0.2, 0.25) is 0 Å².